The summed E-state index contributed by atoms with van der Waals surface area (Å²) >= 11 is 0. The summed E-state index contributed by atoms with van der Waals surface area (Å²) in [5, 5.41) is 0. The van der Waals surface area contributed by atoms with E-state index in [4.69, 9.17) is 9.47 Å². The Bertz CT molecular complexity index is 758. The fourth-order valence-electron chi connectivity index (χ4n) is 3.56. The molecule has 0 aromatic heterocycles. The molecular weight excluding hydrogens is 312 g/mol. The fourth-order valence-corrected chi connectivity index (χ4v) is 3.56. The van der Waals surface area contributed by atoms with Crippen LogP contribution in [0.5, 0.6) is 5.75 Å². The molecule has 2 aromatic carbocycles. The molecule has 2 aliphatic carbocycles. The Hall–Kier alpha value is -2.29. The molecule has 0 amide bonds. The predicted molar refractivity (Wildman–Crippen MR) is 97.1 cm³/mol. The van der Waals surface area contributed by atoms with E-state index in [0.717, 1.165) is 5.56 Å². The first-order chi connectivity index (χ1) is 12.3. The highest BCUT2D eigenvalue weighted by Gasteiger charge is 2.33. The smallest absolute Gasteiger partial charge is 0.341 e. The molecule has 0 unspecified atom stereocenters. The first-order valence-corrected chi connectivity index (χ1v) is 9.19. The molecule has 0 aliphatic heterocycles. The first kappa shape index (κ1) is 16.2. The minimum Gasteiger partial charge on any atom is -0.488 e. The molecule has 2 fully saturated rings. The van der Waals surface area contributed by atoms with E-state index in [-0.39, 0.29) is 5.97 Å². The van der Waals surface area contributed by atoms with Crippen LogP contribution in [0, 0.1) is 0 Å². The minimum absolute atomic E-state index is 0.315. The first-order valence-electron chi connectivity index (χ1n) is 9.19. The maximum absolute atomic E-state index is 12.3. The van der Waals surface area contributed by atoms with Crippen molar-refractivity contribution in [3.05, 3.63) is 64.7 Å². The summed E-state index contributed by atoms with van der Waals surface area (Å²) in [5.41, 5.74) is 4.39. The minimum atomic E-state index is -0.315. The molecule has 0 N–H and O–H groups in total. The Balaban J connectivity index is 1.68. The lowest BCUT2D eigenvalue weighted by molar-refractivity contribution is 0.0595. The molecule has 3 nitrogen and oxygen atoms in total. The number of ether oxygens (including phenoxy) is 2. The van der Waals surface area contributed by atoms with Crippen LogP contribution in [0.25, 0.3) is 0 Å². The van der Waals surface area contributed by atoms with Gasteiger partial charge >= 0.3 is 5.97 Å². The van der Waals surface area contributed by atoms with Crippen LogP contribution in [-0.2, 0) is 11.3 Å². The Morgan fingerprint density at radius 3 is 2.28 bits per heavy atom. The lowest BCUT2D eigenvalue weighted by atomic mass is 9.77. The number of benzene rings is 2. The molecular formula is C22H24O3. The zero-order valence-corrected chi connectivity index (χ0v) is 14.7. The van der Waals surface area contributed by atoms with Crippen LogP contribution in [-0.4, -0.2) is 13.1 Å². The zero-order valence-electron chi connectivity index (χ0n) is 14.7. The van der Waals surface area contributed by atoms with Crippen LogP contribution in [0.4, 0.5) is 0 Å². The van der Waals surface area contributed by atoms with Gasteiger partial charge in [-0.15, -0.1) is 0 Å². The number of hydrogen-bond donors (Lipinski definition) is 0. The standard InChI is InChI=1S/C22H24O3/c1-24-22(23)20-12-18(17-10-11-17)19(16-8-5-9-16)13-21(20)25-14-15-6-3-2-4-7-15/h2-4,6-7,12-13,16-17H,5,8-11,14H2,1H3. The van der Waals surface area contributed by atoms with E-state index in [2.05, 4.69) is 6.07 Å². The van der Waals surface area contributed by atoms with Gasteiger partial charge in [0.15, 0.2) is 0 Å². The number of esters is 1. The Labute approximate surface area is 149 Å². The molecule has 0 radical (unpaired) electrons. The Kier molecular flexibility index (Phi) is 4.48. The highest BCUT2D eigenvalue weighted by Crippen LogP contribution is 2.49. The van der Waals surface area contributed by atoms with E-state index in [1.54, 1.807) is 0 Å². The summed E-state index contributed by atoms with van der Waals surface area (Å²) in [6, 6.07) is 14.2. The summed E-state index contributed by atoms with van der Waals surface area (Å²) in [6.45, 7) is 0.456. The predicted octanol–water partition coefficient (Wildman–Crippen LogP) is 5.20. The highest BCUT2D eigenvalue weighted by molar-refractivity contribution is 5.93. The van der Waals surface area contributed by atoms with Gasteiger partial charge in [-0.2, -0.15) is 0 Å². The van der Waals surface area contributed by atoms with E-state index >= 15 is 0 Å². The molecule has 2 aliphatic rings. The van der Waals surface area contributed by atoms with Gasteiger partial charge in [-0.3, -0.25) is 0 Å². The zero-order chi connectivity index (χ0) is 17.2. The molecule has 2 aromatic rings. The van der Waals surface area contributed by atoms with E-state index in [9.17, 15) is 4.79 Å². The Morgan fingerprint density at radius 2 is 1.68 bits per heavy atom. The molecule has 25 heavy (non-hydrogen) atoms. The number of rotatable bonds is 6. The average Bonchev–Trinajstić information content (AvgIpc) is 3.43. The van der Waals surface area contributed by atoms with Crippen LogP contribution in [0.3, 0.4) is 0 Å². The second kappa shape index (κ2) is 6.91. The molecule has 3 heteroatoms. The van der Waals surface area contributed by atoms with Crippen molar-refractivity contribution in [2.45, 2.75) is 50.5 Å². The average molecular weight is 336 g/mol. The maximum Gasteiger partial charge on any atom is 0.341 e. The fraction of sp³-hybridized carbons (Fsp3) is 0.409. The van der Waals surface area contributed by atoms with Crippen molar-refractivity contribution in [1.29, 1.82) is 0 Å². The SMILES string of the molecule is COC(=O)c1cc(C2CC2)c(C2CCC2)cc1OCc1ccccc1. The van der Waals surface area contributed by atoms with Crippen LogP contribution >= 0.6 is 0 Å². The van der Waals surface area contributed by atoms with Gasteiger partial charge in [0.25, 0.3) is 0 Å². The third kappa shape index (κ3) is 3.41. The van der Waals surface area contributed by atoms with Gasteiger partial charge in [-0.25, -0.2) is 4.79 Å². The molecule has 0 bridgehead atoms. The number of hydrogen-bond acceptors (Lipinski definition) is 3. The van der Waals surface area contributed by atoms with Gasteiger partial charge in [0.05, 0.1) is 7.11 Å². The van der Waals surface area contributed by atoms with Gasteiger partial charge in [0, 0.05) is 0 Å². The summed E-state index contributed by atoms with van der Waals surface area (Å²) in [4.78, 5) is 12.3. The van der Waals surface area contributed by atoms with Gasteiger partial charge in [-0.05, 0) is 66.3 Å². The van der Waals surface area contributed by atoms with Crippen LogP contribution in [0.15, 0.2) is 42.5 Å². The molecule has 4 rings (SSSR count). The van der Waals surface area contributed by atoms with Gasteiger partial charge < -0.3 is 9.47 Å². The molecule has 2 saturated carbocycles. The van der Waals surface area contributed by atoms with Crippen molar-refractivity contribution in [2.75, 3.05) is 7.11 Å². The van der Waals surface area contributed by atoms with E-state index in [1.807, 2.05) is 36.4 Å². The largest absolute Gasteiger partial charge is 0.488 e. The second-order valence-corrected chi connectivity index (χ2v) is 7.15. The van der Waals surface area contributed by atoms with Crippen molar-refractivity contribution in [3.63, 3.8) is 0 Å². The summed E-state index contributed by atoms with van der Waals surface area (Å²) in [7, 11) is 1.43. The van der Waals surface area contributed by atoms with Gasteiger partial charge in [0.2, 0.25) is 0 Å². The van der Waals surface area contributed by atoms with Crippen LogP contribution in [0.2, 0.25) is 0 Å². The van der Waals surface area contributed by atoms with Crippen LogP contribution < -0.4 is 4.74 Å². The highest BCUT2D eigenvalue weighted by atomic mass is 16.5. The molecule has 130 valence electrons. The Morgan fingerprint density at radius 1 is 1.00 bits per heavy atom. The molecule has 0 heterocycles. The molecule has 0 saturated heterocycles. The van der Waals surface area contributed by atoms with Gasteiger partial charge in [-0.1, -0.05) is 36.8 Å². The van der Waals surface area contributed by atoms with Crippen LogP contribution in [0.1, 0.15) is 71.0 Å². The normalized spacial score (nSPS) is 17.0. The number of carbonyl (C=O) groups is 1. The summed E-state index contributed by atoms with van der Waals surface area (Å²) in [6.07, 6.45) is 6.24. The van der Waals surface area contributed by atoms with Crippen molar-refractivity contribution < 1.29 is 14.3 Å². The third-order valence-corrected chi connectivity index (χ3v) is 5.39. The number of methoxy groups -OCH3 is 1. The summed E-state index contributed by atoms with van der Waals surface area (Å²) < 4.78 is 11.1. The van der Waals surface area contributed by atoms with E-state index in [1.165, 1.54) is 50.3 Å². The third-order valence-electron chi connectivity index (χ3n) is 5.39. The van der Waals surface area contributed by atoms with Crippen molar-refractivity contribution >= 4 is 5.97 Å². The topological polar surface area (TPSA) is 35.5 Å². The van der Waals surface area contributed by atoms with Crippen molar-refractivity contribution in [3.8, 4) is 5.75 Å². The quantitative estimate of drug-likeness (QED) is 0.680. The van der Waals surface area contributed by atoms with Gasteiger partial charge in [0.1, 0.15) is 17.9 Å². The van der Waals surface area contributed by atoms with E-state index < -0.39 is 0 Å². The van der Waals surface area contributed by atoms with Crippen molar-refractivity contribution in [1.82, 2.24) is 0 Å². The lowest BCUT2D eigenvalue weighted by Crippen LogP contribution is -2.14. The maximum atomic E-state index is 12.3. The lowest BCUT2D eigenvalue weighted by Gasteiger charge is -2.29. The molecule has 0 spiro atoms. The second-order valence-electron chi connectivity index (χ2n) is 7.15. The molecule has 0 atom stereocenters. The van der Waals surface area contributed by atoms with Crippen molar-refractivity contribution in [2.24, 2.45) is 0 Å². The number of carbonyl (C=O) groups excluding carboxylic acids is 1. The van der Waals surface area contributed by atoms with E-state index in [0.29, 0.717) is 29.8 Å². The summed E-state index contributed by atoms with van der Waals surface area (Å²) in [5.74, 6) is 1.58. The monoisotopic (exact) mass is 336 g/mol.